The van der Waals surface area contributed by atoms with Gasteiger partial charge >= 0.3 is 7.48 Å². The lowest BCUT2D eigenvalue weighted by Crippen LogP contribution is -2.49. The number of primary amides is 1. The normalized spacial score (nSPS) is 12.8. The van der Waals surface area contributed by atoms with Crippen molar-refractivity contribution in [3.8, 4) is 11.1 Å². The van der Waals surface area contributed by atoms with Crippen LogP contribution in [-0.4, -0.2) is 59.0 Å². The number of hydrogen-bond donors (Lipinski definition) is 4. The first-order chi connectivity index (χ1) is 16.3. The van der Waals surface area contributed by atoms with Gasteiger partial charge < -0.3 is 15.5 Å². The van der Waals surface area contributed by atoms with E-state index >= 15 is 0 Å². The Balaban J connectivity index is 2.57. The molecule has 0 aliphatic heterocycles. The lowest BCUT2D eigenvalue weighted by atomic mass is 9.80. The first-order valence-corrected chi connectivity index (χ1v) is 14.8. The molecular formula is C23H33BN3O7S2. The number of aryl methyl sites for hydroxylation is 1. The summed E-state index contributed by atoms with van der Waals surface area (Å²) in [5, 5.41) is 10.3. The quantitative estimate of drug-likeness (QED) is 0.296. The van der Waals surface area contributed by atoms with Crippen molar-refractivity contribution in [3.63, 3.8) is 0 Å². The first-order valence-electron chi connectivity index (χ1n) is 11.0. The maximum absolute atomic E-state index is 11.8. The summed E-state index contributed by atoms with van der Waals surface area (Å²) in [5.41, 5.74) is 6.20. The van der Waals surface area contributed by atoms with Crippen LogP contribution in [-0.2, 0) is 35.9 Å². The van der Waals surface area contributed by atoms with E-state index in [1.54, 1.807) is 58.0 Å². The number of carbonyl (C=O) groups excluding carboxylic acids is 1. The Morgan fingerprint density at radius 2 is 1.50 bits per heavy atom. The highest BCUT2D eigenvalue weighted by Crippen LogP contribution is 2.31. The third-order valence-corrected chi connectivity index (χ3v) is 6.80. The second kappa shape index (κ2) is 10.8. The van der Waals surface area contributed by atoms with E-state index < -0.39 is 37.2 Å². The molecule has 36 heavy (non-hydrogen) atoms. The van der Waals surface area contributed by atoms with Crippen LogP contribution in [0.1, 0.15) is 39.7 Å². The maximum Gasteiger partial charge on any atom is 0.330 e. The fourth-order valence-corrected chi connectivity index (χ4v) is 4.21. The van der Waals surface area contributed by atoms with E-state index in [0.29, 0.717) is 22.2 Å². The molecule has 0 aliphatic carbocycles. The van der Waals surface area contributed by atoms with Gasteiger partial charge in [-0.15, -0.1) is 0 Å². The number of nitrogens with one attached hydrogen (secondary N) is 2. The zero-order valence-corrected chi connectivity index (χ0v) is 22.9. The largest absolute Gasteiger partial charge is 0.427 e. The minimum absolute atomic E-state index is 0.0577. The Bertz CT molecular complexity index is 1280. The lowest BCUT2D eigenvalue weighted by molar-refractivity contribution is -0.117. The van der Waals surface area contributed by atoms with E-state index in [9.17, 15) is 26.7 Å². The van der Waals surface area contributed by atoms with Crippen molar-refractivity contribution in [2.75, 3.05) is 22.0 Å². The molecule has 1 radical (unpaired) electrons. The standard InChI is InChI=1S/C23H33BN3O7S2/c1-22(2,29)23(3,4)34-24-17-8-9-20(15(11-17)7-10-21(25)28)16-12-18(26-35(5,30)31)14-19(13-16)27-36(6,32)33/h8-9,11-14,26-27,29H,7,10H2,1-6H3,(H2,25,28). The van der Waals surface area contributed by atoms with Gasteiger partial charge in [-0.25, -0.2) is 16.8 Å². The molecule has 0 heterocycles. The molecule has 0 saturated carbocycles. The van der Waals surface area contributed by atoms with E-state index in [0.717, 1.165) is 12.5 Å². The van der Waals surface area contributed by atoms with Gasteiger partial charge in [-0.1, -0.05) is 23.7 Å². The number of aliphatic hydroxyl groups is 1. The predicted octanol–water partition coefficient (Wildman–Crippen LogP) is 1.33. The third kappa shape index (κ3) is 9.12. The van der Waals surface area contributed by atoms with Crippen molar-refractivity contribution in [2.45, 2.75) is 51.7 Å². The summed E-state index contributed by atoms with van der Waals surface area (Å²) in [7, 11) is -5.77. The predicted molar refractivity (Wildman–Crippen MR) is 143 cm³/mol. The van der Waals surface area contributed by atoms with Gasteiger partial charge in [0.15, 0.2) is 0 Å². The van der Waals surface area contributed by atoms with Gasteiger partial charge in [-0.05, 0) is 69.0 Å². The minimum atomic E-state index is -3.64. The second-order valence-corrected chi connectivity index (χ2v) is 13.2. The molecule has 0 saturated heterocycles. The zero-order chi connectivity index (χ0) is 27.5. The minimum Gasteiger partial charge on any atom is -0.427 e. The Kier molecular flexibility index (Phi) is 8.88. The van der Waals surface area contributed by atoms with Crippen LogP contribution in [0.25, 0.3) is 11.1 Å². The molecule has 0 unspecified atom stereocenters. The SMILES string of the molecule is CC(C)(O)C(C)(C)O[B]c1ccc(-c2cc(NS(C)(=O)=O)cc(NS(C)(=O)=O)c2)c(CCC(N)=O)c1. The number of amides is 1. The van der Waals surface area contributed by atoms with E-state index in [1.807, 2.05) is 0 Å². The van der Waals surface area contributed by atoms with Crippen LogP contribution in [0.2, 0.25) is 0 Å². The van der Waals surface area contributed by atoms with Crippen LogP contribution < -0.4 is 20.6 Å². The van der Waals surface area contributed by atoms with E-state index in [4.69, 9.17) is 10.4 Å². The average Bonchev–Trinajstić information content (AvgIpc) is 2.67. The van der Waals surface area contributed by atoms with Crippen molar-refractivity contribution in [1.29, 1.82) is 0 Å². The summed E-state index contributed by atoms with van der Waals surface area (Å²) in [6, 6.07) is 9.79. The van der Waals surface area contributed by atoms with Crippen LogP contribution in [0, 0.1) is 0 Å². The number of hydrogen-bond acceptors (Lipinski definition) is 7. The van der Waals surface area contributed by atoms with Crippen LogP contribution >= 0.6 is 0 Å². The Morgan fingerprint density at radius 3 is 1.94 bits per heavy atom. The van der Waals surface area contributed by atoms with E-state index in [-0.39, 0.29) is 24.2 Å². The molecule has 2 rings (SSSR count). The molecule has 0 atom stereocenters. The highest BCUT2D eigenvalue weighted by atomic mass is 32.2. The summed E-state index contributed by atoms with van der Waals surface area (Å²) < 4.78 is 57.8. The summed E-state index contributed by atoms with van der Waals surface area (Å²) >= 11 is 0. The van der Waals surface area contributed by atoms with Crippen molar-refractivity contribution >= 4 is 50.3 Å². The van der Waals surface area contributed by atoms with Crippen molar-refractivity contribution < 1.29 is 31.4 Å². The van der Waals surface area contributed by atoms with Crippen molar-refractivity contribution in [3.05, 3.63) is 42.0 Å². The molecule has 197 valence electrons. The molecule has 0 spiro atoms. The molecule has 0 aliphatic rings. The van der Waals surface area contributed by atoms with Gasteiger partial charge in [0, 0.05) is 6.42 Å². The Labute approximate surface area is 214 Å². The smallest absolute Gasteiger partial charge is 0.330 e. The highest BCUT2D eigenvalue weighted by Gasteiger charge is 2.35. The molecule has 0 fully saturated rings. The third-order valence-electron chi connectivity index (χ3n) is 5.58. The summed E-state index contributed by atoms with van der Waals surface area (Å²) in [4.78, 5) is 11.5. The average molecular weight is 538 g/mol. The second-order valence-electron chi connectivity index (χ2n) is 9.74. The molecule has 13 heteroatoms. The highest BCUT2D eigenvalue weighted by molar-refractivity contribution is 7.92. The number of anilines is 2. The van der Waals surface area contributed by atoms with Gasteiger partial charge in [0.25, 0.3) is 0 Å². The van der Waals surface area contributed by atoms with Gasteiger partial charge in [0.05, 0.1) is 35.1 Å². The van der Waals surface area contributed by atoms with Crippen LogP contribution in [0.4, 0.5) is 11.4 Å². The zero-order valence-electron chi connectivity index (χ0n) is 21.2. The van der Waals surface area contributed by atoms with Crippen LogP contribution in [0.3, 0.4) is 0 Å². The Hall–Kier alpha value is -2.61. The molecular weight excluding hydrogens is 505 g/mol. The van der Waals surface area contributed by atoms with Crippen molar-refractivity contribution in [1.82, 2.24) is 0 Å². The van der Waals surface area contributed by atoms with Gasteiger partial charge in [-0.2, -0.15) is 0 Å². The maximum atomic E-state index is 11.8. The topological polar surface area (TPSA) is 165 Å². The number of rotatable bonds is 12. The Morgan fingerprint density at radius 1 is 0.972 bits per heavy atom. The summed E-state index contributed by atoms with van der Waals surface area (Å²) in [6.45, 7) is 6.79. The number of benzene rings is 2. The molecule has 0 aromatic heterocycles. The number of carbonyl (C=O) groups is 1. The molecule has 5 N–H and O–H groups in total. The lowest BCUT2D eigenvalue weighted by Gasteiger charge is -2.37. The fraction of sp³-hybridized carbons (Fsp3) is 0.435. The first kappa shape index (κ1) is 29.6. The summed E-state index contributed by atoms with van der Waals surface area (Å²) in [5.74, 6) is -0.498. The van der Waals surface area contributed by atoms with Crippen LogP contribution in [0.5, 0.6) is 0 Å². The van der Waals surface area contributed by atoms with Gasteiger partial charge in [-0.3, -0.25) is 14.2 Å². The van der Waals surface area contributed by atoms with Crippen molar-refractivity contribution in [2.24, 2.45) is 5.73 Å². The van der Waals surface area contributed by atoms with E-state index in [2.05, 4.69) is 9.44 Å². The number of nitrogens with two attached hydrogens (primary N) is 1. The van der Waals surface area contributed by atoms with Crippen LogP contribution in [0.15, 0.2) is 36.4 Å². The van der Waals surface area contributed by atoms with Gasteiger partial charge in [0.2, 0.25) is 26.0 Å². The fourth-order valence-electron chi connectivity index (χ4n) is 3.12. The van der Waals surface area contributed by atoms with E-state index in [1.165, 1.54) is 13.5 Å². The summed E-state index contributed by atoms with van der Waals surface area (Å²) in [6.07, 6.45) is 2.31. The molecule has 2 aromatic rings. The van der Waals surface area contributed by atoms with Gasteiger partial charge in [0.1, 0.15) is 0 Å². The monoisotopic (exact) mass is 538 g/mol. The molecule has 1 amide bonds. The number of sulfonamides is 2. The molecule has 0 bridgehead atoms. The molecule has 2 aromatic carbocycles. The molecule has 10 nitrogen and oxygen atoms in total.